The maximum Gasteiger partial charge on any atom is 0.243 e. The van der Waals surface area contributed by atoms with Gasteiger partial charge in [-0.1, -0.05) is 30.2 Å². The summed E-state index contributed by atoms with van der Waals surface area (Å²) in [7, 11) is 0. The van der Waals surface area contributed by atoms with Crippen molar-refractivity contribution < 1.29 is 4.79 Å². The van der Waals surface area contributed by atoms with Gasteiger partial charge in [0.05, 0.1) is 11.7 Å². The Hall–Kier alpha value is -1.43. The van der Waals surface area contributed by atoms with Gasteiger partial charge in [0.1, 0.15) is 0 Å². The first kappa shape index (κ1) is 14.5. The van der Waals surface area contributed by atoms with Crippen LogP contribution < -0.4 is 10.6 Å². The molecule has 1 aliphatic heterocycles. The SMILES string of the molecule is O=C(Nc1nc(-c2ccc(Cl)cc2)cs1)C1CCCCN1. The first-order valence-electron chi connectivity index (χ1n) is 6.98. The van der Waals surface area contributed by atoms with Crippen LogP contribution in [0.1, 0.15) is 19.3 Å². The molecule has 1 unspecified atom stereocenters. The Balaban J connectivity index is 1.67. The van der Waals surface area contributed by atoms with Gasteiger partial charge in [-0.25, -0.2) is 4.98 Å². The van der Waals surface area contributed by atoms with Gasteiger partial charge in [-0.3, -0.25) is 4.79 Å². The van der Waals surface area contributed by atoms with Gasteiger partial charge in [-0.05, 0) is 31.5 Å². The first-order chi connectivity index (χ1) is 10.2. The number of benzene rings is 1. The van der Waals surface area contributed by atoms with Gasteiger partial charge in [-0.2, -0.15) is 0 Å². The van der Waals surface area contributed by atoms with Crippen molar-refractivity contribution in [1.82, 2.24) is 10.3 Å². The number of piperidine rings is 1. The Morgan fingerprint density at radius 3 is 2.86 bits per heavy atom. The van der Waals surface area contributed by atoms with Gasteiger partial charge in [-0.15, -0.1) is 11.3 Å². The molecule has 1 atom stereocenters. The predicted molar refractivity (Wildman–Crippen MR) is 86.8 cm³/mol. The van der Waals surface area contributed by atoms with Gasteiger partial charge in [0.25, 0.3) is 0 Å². The summed E-state index contributed by atoms with van der Waals surface area (Å²) >= 11 is 7.31. The molecule has 3 rings (SSSR count). The van der Waals surface area contributed by atoms with E-state index in [-0.39, 0.29) is 11.9 Å². The van der Waals surface area contributed by atoms with E-state index < -0.39 is 0 Å². The Labute approximate surface area is 132 Å². The summed E-state index contributed by atoms with van der Waals surface area (Å²) in [4.78, 5) is 16.6. The Kier molecular flexibility index (Phi) is 4.53. The molecule has 1 saturated heterocycles. The van der Waals surface area contributed by atoms with Crippen molar-refractivity contribution in [2.24, 2.45) is 0 Å². The Morgan fingerprint density at radius 1 is 1.33 bits per heavy atom. The maximum atomic E-state index is 12.1. The smallest absolute Gasteiger partial charge is 0.243 e. The van der Waals surface area contributed by atoms with Gasteiger partial charge in [0.2, 0.25) is 5.91 Å². The van der Waals surface area contributed by atoms with Crippen LogP contribution in [-0.2, 0) is 4.79 Å². The number of carbonyl (C=O) groups is 1. The molecule has 6 heteroatoms. The standard InChI is InChI=1S/C15H16ClN3OS/c16-11-6-4-10(5-7-11)13-9-21-15(18-13)19-14(20)12-3-1-2-8-17-12/h4-7,9,12,17H,1-3,8H2,(H,18,19,20). The zero-order valence-corrected chi connectivity index (χ0v) is 13.0. The van der Waals surface area contributed by atoms with Crippen molar-refractivity contribution in [2.45, 2.75) is 25.3 Å². The number of halogens is 1. The number of rotatable bonds is 3. The largest absolute Gasteiger partial charge is 0.306 e. The van der Waals surface area contributed by atoms with Crippen LogP contribution in [0, 0.1) is 0 Å². The second-order valence-electron chi connectivity index (χ2n) is 5.04. The number of thiazole rings is 1. The normalized spacial score (nSPS) is 18.4. The summed E-state index contributed by atoms with van der Waals surface area (Å²) in [6, 6.07) is 7.42. The fourth-order valence-electron chi connectivity index (χ4n) is 2.35. The highest BCUT2D eigenvalue weighted by molar-refractivity contribution is 7.14. The minimum Gasteiger partial charge on any atom is -0.306 e. The Morgan fingerprint density at radius 2 is 2.14 bits per heavy atom. The molecule has 2 aromatic rings. The number of hydrogen-bond acceptors (Lipinski definition) is 4. The number of nitrogens with zero attached hydrogens (tertiary/aromatic N) is 1. The molecule has 1 aliphatic rings. The molecule has 110 valence electrons. The lowest BCUT2D eigenvalue weighted by molar-refractivity contribution is -0.118. The maximum absolute atomic E-state index is 12.1. The third kappa shape index (κ3) is 3.61. The summed E-state index contributed by atoms with van der Waals surface area (Å²) < 4.78 is 0. The van der Waals surface area contributed by atoms with E-state index in [1.54, 1.807) is 0 Å². The fraction of sp³-hybridized carbons (Fsp3) is 0.333. The van der Waals surface area contributed by atoms with Crippen molar-refractivity contribution >= 4 is 34.0 Å². The van der Waals surface area contributed by atoms with Crippen LogP contribution in [0.25, 0.3) is 11.3 Å². The van der Waals surface area contributed by atoms with E-state index in [1.807, 2.05) is 29.6 Å². The number of carbonyl (C=O) groups excluding carboxylic acids is 1. The monoisotopic (exact) mass is 321 g/mol. The van der Waals surface area contributed by atoms with E-state index in [0.717, 1.165) is 37.1 Å². The highest BCUT2D eigenvalue weighted by atomic mass is 35.5. The van der Waals surface area contributed by atoms with Crippen molar-refractivity contribution in [1.29, 1.82) is 0 Å². The first-order valence-corrected chi connectivity index (χ1v) is 8.24. The number of amides is 1. The average molecular weight is 322 g/mol. The number of nitrogens with one attached hydrogen (secondary N) is 2. The van der Waals surface area contributed by atoms with Crippen LogP contribution in [0.5, 0.6) is 0 Å². The number of aromatic nitrogens is 1. The van der Waals surface area contributed by atoms with Crippen molar-refractivity contribution in [2.75, 3.05) is 11.9 Å². The molecule has 4 nitrogen and oxygen atoms in total. The summed E-state index contributed by atoms with van der Waals surface area (Å²) in [6.45, 7) is 0.909. The Bertz CT molecular complexity index is 620. The molecule has 0 radical (unpaired) electrons. The van der Waals surface area contributed by atoms with Gasteiger partial charge < -0.3 is 10.6 Å². The minimum atomic E-state index is -0.0957. The molecular weight excluding hydrogens is 306 g/mol. The lowest BCUT2D eigenvalue weighted by Crippen LogP contribution is -2.43. The van der Waals surface area contributed by atoms with Crippen LogP contribution in [0.3, 0.4) is 0 Å². The third-order valence-electron chi connectivity index (χ3n) is 3.50. The highest BCUT2D eigenvalue weighted by Gasteiger charge is 2.21. The zero-order chi connectivity index (χ0) is 14.7. The van der Waals surface area contributed by atoms with E-state index >= 15 is 0 Å². The minimum absolute atomic E-state index is 0.00621. The molecule has 21 heavy (non-hydrogen) atoms. The molecule has 2 N–H and O–H groups in total. The second kappa shape index (κ2) is 6.56. The quantitative estimate of drug-likeness (QED) is 0.909. The number of anilines is 1. The van der Waals surface area contributed by atoms with E-state index in [1.165, 1.54) is 11.3 Å². The molecule has 1 amide bonds. The van der Waals surface area contributed by atoms with Crippen molar-refractivity contribution in [3.8, 4) is 11.3 Å². The lowest BCUT2D eigenvalue weighted by Gasteiger charge is -2.21. The second-order valence-corrected chi connectivity index (χ2v) is 6.33. The topological polar surface area (TPSA) is 54.0 Å². The van der Waals surface area contributed by atoms with Gasteiger partial charge in [0, 0.05) is 16.0 Å². The third-order valence-corrected chi connectivity index (χ3v) is 4.51. The van der Waals surface area contributed by atoms with Gasteiger partial charge in [0.15, 0.2) is 5.13 Å². The molecule has 0 saturated carbocycles. The van der Waals surface area contributed by atoms with Crippen LogP contribution in [0.15, 0.2) is 29.6 Å². The van der Waals surface area contributed by atoms with E-state index in [9.17, 15) is 4.79 Å². The molecule has 0 bridgehead atoms. The number of hydrogen-bond donors (Lipinski definition) is 2. The molecule has 1 aromatic heterocycles. The molecule has 0 aliphatic carbocycles. The van der Waals surface area contributed by atoms with Crippen LogP contribution in [-0.4, -0.2) is 23.5 Å². The molecule has 2 heterocycles. The van der Waals surface area contributed by atoms with Crippen LogP contribution >= 0.6 is 22.9 Å². The average Bonchev–Trinajstić information content (AvgIpc) is 2.97. The summed E-state index contributed by atoms with van der Waals surface area (Å²) in [5, 5.41) is 9.40. The molecule has 1 fully saturated rings. The summed E-state index contributed by atoms with van der Waals surface area (Å²) in [5.74, 6) is 0.00621. The van der Waals surface area contributed by atoms with Crippen LogP contribution in [0.4, 0.5) is 5.13 Å². The van der Waals surface area contributed by atoms with E-state index in [2.05, 4.69) is 15.6 Å². The summed E-state index contributed by atoms with van der Waals surface area (Å²) in [5.41, 5.74) is 1.84. The van der Waals surface area contributed by atoms with E-state index in [0.29, 0.717) is 10.2 Å². The molecule has 1 aromatic carbocycles. The molecular formula is C15H16ClN3OS. The zero-order valence-electron chi connectivity index (χ0n) is 11.4. The van der Waals surface area contributed by atoms with E-state index in [4.69, 9.17) is 11.6 Å². The fourth-order valence-corrected chi connectivity index (χ4v) is 3.20. The molecule has 0 spiro atoms. The summed E-state index contributed by atoms with van der Waals surface area (Å²) in [6.07, 6.45) is 3.13. The van der Waals surface area contributed by atoms with Crippen molar-refractivity contribution in [3.63, 3.8) is 0 Å². The van der Waals surface area contributed by atoms with Crippen molar-refractivity contribution in [3.05, 3.63) is 34.7 Å². The highest BCUT2D eigenvalue weighted by Crippen LogP contribution is 2.26. The predicted octanol–water partition coefficient (Wildman–Crippen LogP) is 3.54. The van der Waals surface area contributed by atoms with Crippen LogP contribution in [0.2, 0.25) is 5.02 Å². The van der Waals surface area contributed by atoms with Gasteiger partial charge >= 0.3 is 0 Å². The lowest BCUT2D eigenvalue weighted by atomic mass is 10.0.